The van der Waals surface area contributed by atoms with E-state index >= 15 is 0 Å². The number of nitrogens with zero attached hydrogens (tertiary/aromatic N) is 2. The quantitative estimate of drug-likeness (QED) is 0.505. The summed E-state index contributed by atoms with van der Waals surface area (Å²) in [6.07, 6.45) is 1.86. The molecule has 0 radical (unpaired) electrons. The number of imidazole rings is 1. The lowest BCUT2D eigenvalue weighted by molar-refractivity contribution is 0.357. The van der Waals surface area contributed by atoms with Crippen LogP contribution in [0.4, 0.5) is 15.9 Å². The highest BCUT2D eigenvalue weighted by Gasteiger charge is 2.18. The number of anilines is 2. The molecule has 0 spiro atoms. The second-order valence-corrected chi connectivity index (χ2v) is 6.32. The van der Waals surface area contributed by atoms with Crippen LogP contribution in [0.3, 0.4) is 0 Å². The lowest BCUT2D eigenvalue weighted by Crippen LogP contribution is -1.97. The van der Waals surface area contributed by atoms with Crippen LogP contribution in [0.5, 0.6) is 11.5 Å². The maximum atomic E-state index is 14.2. The van der Waals surface area contributed by atoms with Gasteiger partial charge in [0.25, 0.3) is 0 Å². The predicted molar refractivity (Wildman–Crippen MR) is 104 cm³/mol. The molecule has 0 aliphatic rings. The maximum absolute atomic E-state index is 14.2. The smallest absolute Gasteiger partial charge is 0.194 e. The molecule has 2 heterocycles. The Hall–Kier alpha value is -3.25. The second-order valence-electron chi connectivity index (χ2n) is 5.88. The number of fused-ring (bicyclic) bond motifs is 1. The maximum Gasteiger partial charge on any atom is 0.194 e. The van der Waals surface area contributed by atoms with Crippen LogP contribution < -0.4 is 10.1 Å². The minimum Gasteiger partial charge on any atom is -0.502 e. The molecule has 2 aromatic heterocycles. The van der Waals surface area contributed by atoms with Crippen LogP contribution >= 0.6 is 11.6 Å². The minimum atomic E-state index is -0.779. The van der Waals surface area contributed by atoms with Crippen molar-refractivity contribution in [2.45, 2.75) is 0 Å². The van der Waals surface area contributed by atoms with E-state index in [1.54, 1.807) is 18.2 Å². The lowest BCUT2D eigenvalue weighted by Gasteiger charge is -2.11. The molecule has 0 bridgehead atoms. The Bertz CT molecular complexity index is 1130. The highest BCUT2D eigenvalue weighted by molar-refractivity contribution is 6.30. The standard InChI is InChI=1S/C20H15ClFN3O2/c1-27-16-11-12(10-15(22)19(16)26)18-20(23-14-7-5-13(21)6-8-14)25-9-3-2-4-17(25)24-18/h2-11,23,26H,1H3. The molecule has 7 heteroatoms. The number of hydrogen-bond donors (Lipinski definition) is 2. The Balaban J connectivity index is 1.90. The SMILES string of the molecule is COc1cc(-c2nc3ccccn3c2Nc2ccc(Cl)cc2)cc(F)c1O. The molecule has 4 aromatic rings. The van der Waals surface area contributed by atoms with Crippen LogP contribution in [0.25, 0.3) is 16.9 Å². The molecule has 5 nitrogen and oxygen atoms in total. The van der Waals surface area contributed by atoms with Gasteiger partial charge in [0.2, 0.25) is 0 Å². The van der Waals surface area contributed by atoms with Crippen molar-refractivity contribution in [3.63, 3.8) is 0 Å². The number of pyridine rings is 1. The summed E-state index contributed by atoms with van der Waals surface area (Å²) in [5, 5.41) is 13.7. The van der Waals surface area contributed by atoms with Gasteiger partial charge in [0, 0.05) is 22.5 Å². The van der Waals surface area contributed by atoms with Crippen LogP contribution in [-0.4, -0.2) is 21.6 Å². The van der Waals surface area contributed by atoms with Crippen molar-refractivity contribution in [1.29, 1.82) is 0 Å². The van der Waals surface area contributed by atoms with E-state index < -0.39 is 11.6 Å². The fraction of sp³-hybridized carbons (Fsp3) is 0.0500. The van der Waals surface area contributed by atoms with Gasteiger partial charge in [-0.15, -0.1) is 0 Å². The number of rotatable bonds is 4. The highest BCUT2D eigenvalue weighted by atomic mass is 35.5. The molecule has 0 unspecified atom stereocenters. The largest absolute Gasteiger partial charge is 0.502 e. The molecule has 0 amide bonds. The van der Waals surface area contributed by atoms with Crippen LogP contribution in [0.1, 0.15) is 0 Å². The van der Waals surface area contributed by atoms with Crippen molar-refractivity contribution in [2.75, 3.05) is 12.4 Å². The first-order chi connectivity index (χ1) is 13.1. The van der Waals surface area contributed by atoms with Gasteiger partial charge in [0.15, 0.2) is 17.3 Å². The molecule has 0 atom stereocenters. The van der Waals surface area contributed by atoms with Crippen molar-refractivity contribution < 1.29 is 14.2 Å². The van der Waals surface area contributed by atoms with Crippen molar-refractivity contribution in [3.05, 3.63) is 71.6 Å². The van der Waals surface area contributed by atoms with Crippen molar-refractivity contribution >= 4 is 28.8 Å². The number of ether oxygens (including phenoxy) is 1. The van der Waals surface area contributed by atoms with Crippen molar-refractivity contribution in [2.24, 2.45) is 0 Å². The summed E-state index contributed by atoms with van der Waals surface area (Å²) in [7, 11) is 1.37. The summed E-state index contributed by atoms with van der Waals surface area (Å²) in [6, 6.07) is 15.6. The molecular formula is C20H15ClFN3O2. The van der Waals surface area contributed by atoms with E-state index in [0.29, 0.717) is 27.7 Å². The monoisotopic (exact) mass is 383 g/mol. The summed E-state index contributed by atoms with van der Waals surface area (Å²) in [6.45, 7) is 0. The number of benzene rings is 2. The average Bonchev–Trinajstić information content (AvgIpc) is 3.04. The molecule has 2 N–H and O–H groups in total. The zero-order valence-corrected chi connectivity index (χ0v) is 15.0. The number of methoxy groups -OCH3 is 1. The van der Waals surface area contributed by atoms with E-state index in [9.17, 15) is 9.50 Å². The van der Waals surface area contributed by atoms with E-state index in [2.05, 4.69) is 10.3 Å². The number of hydrogen-bond acceptors (Lipinski definition) is 4. The molecule has 136 valence electrons. The first-order valence-electron chi connectivity index (χ1n) is 8.13. The van der Waals surface area contributed by atoms with E-state index in [0.717, 1.165) is 5.69 Å². The van der Waals surface area contributed by atoms with Gasteiger partial charge < -0.3 is 15.2 Å². The van der Waals surface area contributed by atoms with Gasteiger partial charge in [-0.1, -0.05) is 17.7 Å². The van der Waals surface area contributed by atoms with Gasteiger partial charge in [0.1, 0.15) is 17.2 Å². The van der Waals surface area contributed by atoms with Crippen LogP contribution in [0.15, 0.2) is 60.8 Å². The molecule has 0 fully saturated rings. The third kappa shape index (κ3) is 3.15. The summed E-state index contributed by atoms with van der Waals surface area (Å²) in [5.74, 6) is -0.615. The van der Waals surface area contributed by atoms with E-state index in [1.807, 2.05) is 40.9 Å². The van der Waals surface area contributed by atoms with Crippen LogP contribution in [0, 0.1) is 5.82 Å². The number of aromatic nitrogens is 2. The van der Waals surface area contributed by atoms with Crippen LogP contribution in [-0.2, 0) is 0 Å². The van der Waals surface area contributed by atoms with Crippen molar-refractivity contribution in [1.82, 2.24) is 9.38 Å². The fourth-order valence-corrected chi connectivity index (χ4v) is 2.98. The Morgan fingerprint density at radius 1 is 1.15 bits per heavy atom. The van der Waals surface area contributed by atoms with E-state index in [-0.39, 0.29) is 5.75 Å². The van der Waals surface area contributed by atoms with Crippen molar-refractivity contribution in [3.8, 4) is 22.8 Å². The topological polar surface area (TPSA) is 58.8 Å². The predicted octanol–water partition coefficient (Wildman–Crippen LogP) is 5.25. The fourth-order valence-electron chi connectivity index (χ4n) is 2.85. The summed E-state index contributed by atoms with van der Waals surface area (Å²) >= 11 is 5.96. The van der Waals surface area contributed by atoms with Gasteiger partial charge in [-0.25, -0.2) is 9.37 Å². The third-order valence-electron chi connectivity index (χ3n) is 4.16. The van der Waals surface area contributed by atoms with E-state index in [4.69, 9.17) is 16.3 Å². The summed E-state index contributed by atoms with van der Waals surface area (Å²) < 4.78 is 21.1. The molecule has 0 saturated carbocycles. The van der Waals surface area contributed by atoms with Gasteiger partial charge in [0.05, 0.1) is 7.11 Å². The molecule has 27 heavy (non-hydrogen) atoms. The number of nitrogens with one attached hydrogen (secondary N) is 1. The number of aromatic hydroxyl groups is 1. The minimum absolute atomic E-state index is 0.0412. The Morgan fingerprint density at radius 2 is 1.93 bits per heavy atom. The normalized spacial score (nSPS) is 10.9. The third-order valence-corrected chi connectivity index (χ3v) is 4.41. The first-order valence-corrected chi connectivity index (χ1v) is 8.51. The molecular weight excluding hydrogens is 369 g/mol. The molecule has 0 aliphatic carbocycles. The summed E-state index contributed by atoms with van der Waals surface area (Å²) in [5.41, 5.74) is 2.49. The second kappa shape index (κ2) is 6.81. The molecule has 2 aromatic carbocycles. The Morgan fingerprint density at radius 3 is 2.67 bits per heavy atom. The van der Waals surface area contributed by atoms with Gasteiger partial charge in [-0.3, -0.25) is 4.40 Å². The number of phenolic OH excluding ortho intramolecular Hbond substituents is 1. The molecule has 0 aliphatic heterocycles. The number of halogens is 2. The average molecular weight is 384 g/mol. The van der Waals surface area contributed by atoms with Gasteiger partial charge >= 0.3 is 0 Å². The first kappa shape index (κ1) is 17.2. The Kier molecular flexibility index (Phi) is 4.33. The van der Waals surface area contributed by atoms with Crippen LogP contribution in [0.2, 0.25) is 5.02 Å². The highest BCUT2D eigenvalue weighted by Crippen LogP contribution is 2.38. The van der Waals surface area contributed by atoms with E-state index in [1.165, 1.54) is 13.2 Å². The zero-order valence-electron chi connectivity index (χ0n) is 14.3. The summed E-state index contributed by atoms with van der Waals surface area (Å²) in [4.78, 5) is 4.61. The van der Waals surface area contributed by atoms with Gasteiger partial charge in [-0.05, 0) is 48.5 Å². The Labute approximate surface area is 159 Å². The molecule has 0 saturated heterocycles. The molecule has 4 rings (SSSR count). The number of phenols is 1. The lowest BCUT2D eigenvalue weighted by atomic mass is 10.1. The van der Waals surface area contributed by atoms with Gasteiger partial charge in [-0.2, -0.15) is 0 Å². The zero-order chi connectivity index (χ0) is 19.0.